The Labute approximate surface area is 193 Å². The van der Waals surface area contributed by atoms with Crippen molar-refractivity contribution < 1.29 is 0 Å². The van der Waals surface area contributed by atoms with Crippen LogP contribution in [-0.4, -0.2) is 17.0 Å². The number of benzene rings is 1. The predicted molar refractivity (Wildman–Crippen MR) is 137 cm³/mol. The van der Waals surface area contributed by atoms with E-state index in [1.807, 2.05) is 0 Å². The second-order valence-electron chi connectivity index (χ2n) is 8.79. The van der Waals surface area contributed by atoms with Crippen LogP contribution in [0.2, 0.25) is 5.02 Å². The molecule has 1 aromatic rings. The van der Waals surface area contributed by atoms with Gasteiger partial charge in [0.05, 0.1) is 6.04 Å². The Kier molecular flexibility index (Phi) is 15.3. The average Bonchev–Trinajstić information content (AvgIpc) is 2.76. The van der Waals surface area contributed by atoms with E-state index in [0.717, 1.165) is 5.02 Å². The molecular formula is C28H48ClN. The van der Waals surface area contributed by atoms with Gasteiger partial charge in [-0.3, -0.25) is 4.90 Å². The van der Waals surface area contributed by atoms with Gasteiger partial charge in [-0.2, -0.15) is 0 Å². The molecule has 0 aliphatic heterocycles. The van der Waals surface area contributed by atoms with Crippen molar-refractivity contribution in [1.29, 1.82) is 0 Å². The molecule has 0 saturated heterocycles. The average molecular weight is 434 g/mol. The number of allylic oxidation sites excluding steroid dienone is 1. The highest BCUT2D eigenvalue weighted by Crippen LogP contribution is 2.33. The van der Waals surface area contributed by atoms with Gasteiger partial charge in [-0.15, -0.1) is 0 Å². The fourth-order valence-electron chi connectivity index (χ4n) is 4.72. The van der Waals surface area contributed by atoms with E-state index < -0.39 is 0 Å². The quantitative estimate of drug-likeness (QED) is 0.174. The summed E-state index contributed by atoms with van der Waals surface area (Å²) < 4.78 is 0. The third kappa shape index (κ3) is 9.56. The van der Waals surface area contributed by atoms with E-state index in [2.05, 4.69) is 75.9 Å². The monoisotopic (exact) mass is 433 g/mol. The van der Waals surface area contributed by atoms with Crippen molar-refractivity contribution in [2.24, 2.45) is 0 Å². The van der Waals surface area contributed by atoms with Gasteiger partial charge in [0.2, 0.25) is 0 Å². The van der Waals surface area contributed by atoms with Gasteiger partial charge in [0.25, 0.3) is 0 Å². The summed E-state index contributed by atoms with van der Waals surface area (Å²) in [6.07, 6.45) is 20.5. The molecule has 30 heavy (non-hydrogen) atoms. The maximum atomic E-state index is 6.22. The summed E-state index contributed by atoms with van der Waals surface area (Å²) in [4.78, 5) is 2.88. The van der Waals surface area contributed by atoms with E-state index in [4.69, 9.17) is 11.6 Å². The zero-order valence-corrected chi connectivity index (χ0v) is 21.3. The van der Waals surface area contributed by atoms with Crippen molar-refractivity contribution in [3.05, 3.63) is 47.0 Å². The summed E-state index contributed by atoms with van der Waals surface area (Å²) in [6.45, 7) is 11.5. The van der Waals surface area contributed by atoms with Crippen LogP contribution in [0.4, 0.5) is 0 Å². The lowest BCUT2D eigenvalue weighted by Gasteiger charge is -2.43. The van der Waals surface area contributed by atoms with Crippen LogP contribution in [0, 0.1) is 0 Å². The molecule has 0 N–H and O–H groups in total. The largest absolute Gasteiger partial charge is 0.287 e. The fraction of sp³-hybridized carbons (Fsp3) is 0.714. The molecule has 1 aromatic carbocycles. The molecule has 0 fully saturated rings. The Bertz CT molecular complexity index is 530. The molecule has 0 aromatic heterocycles. The molecule has 3 unspecified atom stereocenters. The van der Waals surface area contributed by atoms with Crippen LogP contribution in [0.3, 0.4) is 0 Å². The van der Waals surface area contributed by atoms with Gasteiger partial charge in [-0.1, -0.05) is 115 Å². The van der Waals surface area contributed by atoms with E-state index >= 15 is 0 Å². The molecule has 172 valence electrons. The summed E-state index contributed by atoms with van der Waals surface area (Å²) in [5, 5.41) is 0.822. The van der Waals surface area contributed by atoms with Crippen LogP contribution in [0.5, 0.6) is 0 Å². The standard InChI is InChI=1S/C28H48ClN/c1-6-11-13-15-18-26(9-4)30(27(10-5)19-16-14-12-7-2)28(17-8-3)24-20-22-25(29)23-21-24/h8,17,20-23,26-28H,6-7,9-16,18-19H2,1-5H3/b17-8-. The third-order valence-electron chi connectivity index (χ3n) is 6.48. The molecule has 1 rings (SSSR count). The predicted octanol–water partition coefficient (Wildman–Crippen LogP) is 9.76. The molecule has 0 aliphatic rings. The Morgan fingerprint density at radius 3 is 1.67 bits per heavy atom. The SMILES string of the molecule is C/C=C\C(c1ccc(Cl)cc1)N(C(CC)CCCCCC)C(CC)CCCCCC. The first-order chi connectivity index (χ1) is 14.6. The minimum Gasteiger partial charge on any atom is -0.287 e. The summed E-state index contributed by atoms with van der Waals surface area (Å²) in [5.74, 6) is 0. The third-order valence-corrected chi connectivity index (χ3v) is 6.73. The molecule has 0 amide bonds. The van der Waals surface area contributed by atoms with Crippen molar-refractivity contribution in [2.45, 2.75) is 130 Å². The van der Waals surface area contributed by atoms with Crippen LogP contribution in [0.1, 0.15) is 123 Å². The van der Waals surface area contributed by atoms with E-state index in [1.54, 1.807) is 0 Å². The summed E-state index contributed by atoms with van der Waals surface area (Å²) in [5.41, 5.74) is 1.37. The number of hydrogen-bond acceptors (Lipinski definition) is 1. The zero-order valence-electron chi connectivity index (χ0n) is 20.5. The first-order valence-corrected chi connectivity index (χ1v) is 13.2. The number of nitrogens with zero attached hydrogens (tertiary/aromatic N) is 1. The lowest BCUT2D eigenvalue weighted by atomic mass is 9.92. The summed E-state index contributed by atoms with van der Waals surface area (Å²) in [7, 11) is 0. The van der Waals surface area contributed by atoms with E-state index in [1.165, 1.54) is 82.6 Å². The van der Waals surface area contributed by atoms with Gasteiger partial charge < -0.3 is 0 Å². The minimum absolute atomic E-state index is 0.333. The highest BCUT2D eigenvalue weighted by Gasteiger charge is 2.30. The normalized spacial score (nSPS) is 15.0. The highest BCUT2D eigenvalue weighted by molar-refractivity contribution is 6.30. The Hall–Kier alpha value is -0.790. The zero-order chi connectivity index (χ0) is 22.2. The highest BCUT2D eigenvalue weighted by atomic mass is 35.5. The lowest BCUT2D eigenvalue weighted by Crippen LogP contribution is -2.45. The lowest BCUT2D eigenvalue weighted by molar-refractivity contribution is 0.0782. The number of halogens is 1. The molecule has 0 spiro atoms. The van der Waals surface area contributed by atoms with Crippen molar-refractivity contribution in [1.82, 2.24) is 4.90 Å². The van der Waals surface area contributed by atoms with Gasteiger partial charge in [-0.05, 0) is 50.3 Å². The molecule has 0 radical (unpaired) electrons. The number of rotatable bonds is 17. The minimum atomic E-state index is 0.333. The van der Waals surface area contributed by atoms with E-state index in [0.29, 0.717) is 18.1 Å². The molecular weight excluding hydrogens is 386 g/mol. The Balaban J connectivity index is 3.16. The van der Waals surface area contributed by atoms with E-state index in [-0.39, 0.29) is 0 Å². The molecule has 2 heteroatoms. The topological polar surface area (TPSA) is 3.24 Å². The number of hydrogen-bond donors (Lipinski definition) is 0. The molecule has 0 heterocycles. The Morgan fingerprint density at radius 2 is 1.27 bits per heavy atom. The van der Waals surface area contributed by atoms with Crippen molar-refractivity contribution in [3.8, 4) is 0 Å². The van der Waals surface area contributed by atoms with Crippen LogP contribution in [0.15, 0.2) is 36.4 Å². The maximum Gasteiger partial charge on any atom is 0.0537 e. The van der Waals surface area contributed by atoms with Crippen molar-refractivity contribution in [2.75, 3.05) is 0 Å². The van der Waals surface area contributed by atoms with Gasteiger partial charge in [0.15, 0.2) is 0 Å². The van der Waals surface area contributed by atoms with Crippen LogP contribution in [-0.2, 0) is 0 Å². The summed E-state index contributed by atoms with van der Waals surface area (Å²) >= 11 is 6.22. The fourth-order valence-corrected chi connectivity index (χ4v) is 4.84. The van der Waals surface area contributed by atoms with E-state index in [9.17, 15) is 0 Å². The number of unbranched alkanes of at least 4 members (excludes halogenated alkanes) is 6. The second-order valence-corrected chi connectivity index (χ2v) is 9.23. The first kappa shape index (κ1) is 27.2. The van der Waals surface area contributed by atoms with Crippen LogP contribution >= 0.6 is 11.6 Å². The Morgan fingerprint density at radius 1 is 0.767 bits per heavy atom. The molecule has 0 aliphatic carbocycles. The van der Waals surface area contributed by atoms with Crippen molar-refractivity contribution >= 4 is 11.6 Å². The molecule has 0 bridgehead atoms. The first-order valence-electron chi connectivity index (χ1n) is 12.8. The smallest absolute Gasteiger partial charge is 0.0537 e. The van der Waals surface area contributed by atoms with Gasteiger partial charge >= 0.3 is 0 Å². The van der Waals surface area contributed by atoms with Crippen molar-refractivity contribution in [3.63, 3.8) is 0 Å². The molecule has 0 saturated carbocycles. The van der Waals surface area contributed by atoms with Gasteiger partial charge in [0, 0.05) is 17.1 Å². The summed E-state index contributed by atoms with van der Waals surface area (Å²) in [6, 6.07) is 10.2. The van der Waals surface area contributed by atoms with Crippen LogP contribution < -0.4 is 0 Å². The second kappa shape index (κ2) is 16.8. The van der Waals surface area contributed by atoms with Gasteiger partial charge in [-0.25, -0.2) is 0 Å². The maximum absolute atomic E-state index is 6.22. The van der Waals surface area contributed by atoms with Crippen LogP contribution in [0.25, 0.3) is 0 Å². The molecule has 3 atom stereocenters. The molecule has 1 nitrogen and oxygen atoms in total. The van der Waals surface area contributed by atoms with Gasteiger partial charge in [0.1, 0.15) is 0 Å².